The monoisotopic (exact) mass is 528 g/mol. The Morgan fingerprint density at radius 1 is 0.974 bits per heavy atom. The number of rotatable bonds is 8. The number of benzene rings is 3. The molecule has 1 atom stereocenters. The molecule has 3 aromatic carbocycles. The van der Waals surface area contributed by atoms with Crippen molar-refractivity contribution in [1.29, 1.82) is 0 Å². The zero-order chi connectivity index (χ0) is 26.6. The van der Waals surface area contributed by atoms with E-state index in [9.17, 15) is 9.59 Å². The quantitative estimate of drug-likeness (QED) is 0.217. The fourth-order valence-electron chi connectivity index (χ4n) is 4.61. The summed E-state index contributed by atoms with van der Waals surface area (Å²) in [4.78, 5) is 33.8. The fraction of sp³-hybridized carbons (Fsp3) is 0.233. The Hall–Kier alpha value is -4.01. The van der Waals surface area contributed by atoms with Gasteiger partial charge >= 0.3 is 5.97 Å². The van der Waals surface area contributed by atoms with Crippen LogP contribution in [0.2, 0.25) is 0 Å². The van der Waals surface area contributed by atoms with Crippen molar-refractivity contribution in [2.45, 2.75) is 26.1 Å². The van der Waals surface area contributed by atoms with E-state index in [0.29, 0.717) is 35.2 Å². The third-order valence-corrected chi connectivity index (χ3v) is 7.67. The third kappa shape index (κ3) is 5.05. The van der Waals surface area contributed by atoms with E-state index < -0.39 is 12.0 Å². The highest BCUT2D eigenvalue weighted by atomic mass is 32.1. The van der Waals surface area contributed by atoms with Crippen LogP contribution in [-0.4, -0.2) is 48.5 Å². The molecule has 0 N–H and O–H groups in total. The van der Waals surface area contributed by atoms with Crippen molar-refractivity contribution in [3.63, 3.8) is 0 Å². The number of hydrogen-bond donors (Lipinski definition) is 0. The first kappa shape index (κ1) is 25.6. The normalized spacial score (nSPS) is 15.1. The van der Waals surface area contributed by atoms with Crippen molar-refractivity contribution in [2.24, 2.45) is 0 Å². The van der Waals surface area contributed by atoms with Crippen molar-refractivity contribution in [3.8, 4) is 33.2 Å². The van der Waals surface area contributed by atoms with Gasteiger partial charge in [0.2, 0.25) is 5.78 Å². The minimum atomic E-state index is -1.05. The molecule has 0 aliphatic carbocycles. The van der Waals surface area contributed by atoms with Gasteiger partial charge in [-0.3, -0.25) is 9.69 Å². The Morgan fingerprint density at radius 3 is 2.37 bits per heavy atom. The van der Waals surface area contributed by atoms with Crippen LogP contribution in [0.4, 0.5) is 0 Å². The van der Waals surface area contributed by atoms with Crippen LogP contribution in [0, 0.1) is 0 Å². The number of esters is 1. The van der Waals surface area contributed by atoms with Gasteiger partial charge < -0.3 is 14.2 Å². The molecule has 0 bridgehead atoms. The van der Waals surface area contributed by atoms with E-state index in [1.807, 2.05) is 42.5 Å². The summed E-state index contributed by atoms with van der Waals surface area (Å²) in [5, 5.41) is 0.745. The Bertz CT molecular complexity index is 1450. The molecule has 5 rings (SSSR count). The smallest absolute Gasteiger partial charge is 0.331 e. The van der Waals surface area contributed by atoms with Crippen molar-refractivity contribution < 1.29 is 23.8 Å². The van der Waals surface area contributed by atoms with Crippen LogP contribution in [0.15, 0.2) is 72.8 Å². The zero-order valence-corrected chi connectivity index (χ0v) is 22.3. The second-order valence-electron chi connectivity index (χ2n) is 8.84. The largest absolute Gasteiger partial charge is 0.497 e. The molecule has 0 spiro atoms. The maximum Gasteiger partial charge on any atom is 0.331 e. The molecule has 1 unspecified atom stereocenters. The lowest BCUT2D eigenvalue weighted by Crippen LogP contribution is -2.49. The van der Waals surface area contributed by atoms with Crippen LogP contribution in [0.1, 0.15) is 27.9 Å². The van der Waals surface area contributed by atoms with Gasteiger partial charge in [0.1, 0.15) is 16.5 Å². The number of carbonyl (C=O) groups excluding carboxylic acids is 2. The van der Waals surface area contributed by atoms with Crippen LogP contribution in [0.25, 0.3) is 21.7 Å². The Morgan fingerprint density at radius 2 is 1.68 bits per heavy atom. The molecule has 7 nitrogen and oxygen atoms in total. The molecule has 38 heavy (non-hydrogen) atoms. The molecule has 0 fully saturated rings. The first-order valence-corrected chi connectivity index (χ1v) is 13.2. The maximum atomic E-state index is 13.6. The minimum Gasteiger partial charge on any atom is -0.497 e. The molecular formula is C30H28N2O5S. The molecule has 0 saturated heterocycles. The van der Waals surface area contributed by atoms with E-state index >= 15 is 0 Å². The van der Waals surface area contributed by atoms with Crippen molar-refractivity contribution >= 4 is 23.1 Å². The molecule has 8 heteroatoms. The van der Waals surface area contributed by atoms with E-state index in [1.54, 1.807) is 32.1 Å². The van der Waals surface area contributed by atoms with Crippen LogP contribution in [-0.2, 0) is 22.6 Å². The molecule has 194 valence electrons. The van der Waals surface area contributed by atoms with Crippen molar-refractivity contribution in [2.75, 3.05) is 20.8 Å². The SMILES string of the molecule is CCOC(=O)C1C(=O)c2sc(-c3ccc(-c4ccccc4)cc3)nc2CN1Cc1ccc(OC)cc1OC. The molecule has 2 heterocycles. The van der Waals surface area contributed by atoms with Crippen molar-refractivity contribution in [1.82, 2.24) is 9.88 Å². The summed E-state index contributed by atoms with van der Waals surface area (Å²) in [7, 11) is 3.17. The van der Waals surface area contributed by atoms with E-state index in [4.69, 9.17) is 19.2 Å². The highest BCUT2D eigenvalue weighted by Crippen LogP contribution is 2.36. The average molecular weight is 529 g/mol. The van der Waals surface area contributed by atoms with Crippen LogP contribution in [0.3, 0.4) is 0 Å². The van der Waals surface area contributed by atoms with E-state index in [2.05, 4.69) is 24.3 Å². The molecule has 1 aromatic heterocycles. The molecule has 0 amide bonds. The number of ether oxygens (including phenoxy) is 3. The number of aromatic nitrogens is 1. The number of carbonyl (C=O) groups is 2. The first-order chi connectivity index (χ1) is 18.5. The van der Waals surface area contributed by atoms with Crippen LogP contribution in [0.5, 0.6) is 11.5 Å². The molecule has 0 radical (unpaired) electrons. The van der Waals surface area contributed by atoms with Crippen molar-refractivity contribution in [3.05, 3.63) is 88.9 Å². The lowest BCUT2D eigenvalue weighted by molar-refractivity contribution is -0.148. The standard InChI is InChI=1S/C30H28N2O5S/c1-4-37-30(34)26-27(33)28-24(18-32(26)17-22-14-15-23(35-2)16-25(22)36-3)31-29(38-28)21-12-10-20(11-13-21)19-8-6-5-7-9-19/h5-16,26H,4,17-18H2,1-3H3. The maximum absolute atomic E-state index is 13.6. The second kappa shape index (κ2) is 11.2. The van der Waals surface area contributed by atoms with Gasteiger partial charge in [-0.15, -0.1) is 11.3 Å². The number of ketones is 1. The first-order valence-electron chi connectivity index (χ1n) is 12.3. The molecular weight excluding hydrogens is 500 g/mol. The predicted molar refractivity (Wildman–Crippen MR) is 147 cm³/mol. The van der Waals surface area contributed by atoms with Crippen LogP contribution >= 0.6 is 11.3 Å². The molecule has 4 aromatic rings. The van der Waals surface area contributed by atoms with Gasteiger partial charge in [0.25, 0.3) is 0 Å². The molecule has 1 aliphatic rings. The van der Waals surface area contributed by atoms with E-state index in [0.717, 1.165) is 27.3 Å². The van der Waals surface area contributed by atoms with E-state index in [-0.39, 0.29) is 12.4 Å². The number of nitrogens with zero attached hydrogens (tertiary/aromatic N) is 2. The predicted octanol–water partition coefficient (Wildman–Crippen LogP) is 5.62. The van der Waals surface area contributed by atoms with Crippen LogP contribution < -0.4 is 9.47 Å². The Kier molecular flexibility index (Phi) is 7.53. The lowest BCUT2D eigenvalue weighted by atomic mass is 10.0. The fourth-order valence-corrected chi connectivity index (χ4v) is 5.65. The summed E-state index contributed by atoms with van der Waals surface area (Å²) < 4.78 is 16.2. The van der Waals surface area contributed by atoms with Gasteiger partial charge in [-0.25, -0.2) is 9.78 Å². The topological polar surface area (TPSA) is 78.0 Å². The number of fused-ring (bicyclic) bond motifs is 1. The summed E-state index contributed by atoms with van der Waals surface area (Å²) in [6, 6.07) is 22.7. The van der Waals surface area contributed by atoms with Gasteiger partial charge in [-0.1, -0.05) is 60.7 Å². The summed E-state index contributed by atoms with van der Waals surface area (Å²) in [6.07, 6.45) is 0. The summed E-state index contributed by atoms with van der Waals surface area (Å²) in [6.45, 7) is 2.56. The summed E-state index contributed by atoms with van der Waals surface area (Å²) in [5.74, 6) is 0.425. The van der Waals surface area contributed by atoms with E-state index in [1.165, 1.54) is 11.3 Å². The van der Waals surface area contributed by atoms with Gasteiger partial charge in [-0.2, -0.15) is 0 Å². The molecule has 0 saturated carbocycles. The summed E-state index contributed by atoms with van der Waals surface area (Å²) in [5.41, 5.74) is 4.65. The number of hydrogen-bond acceptors (Lipinski definition) is 8. The van der Waals surface area contributed by atoms with Gasteiger partial charge in [0, 0.05) is 30.3 Å². The highest BCUT2D eigenvalue weighted by molar-refractivity contribution is 7.17. The van der Waals surface area contributed by atoms with Gasteiger partial charge in [0.15, 0.2) is 6.04 Å². The third-order valence-electron chi connectivity index (χ3n) is 6.50. The summed E-state index contributed by atoms with van der Waals surface area (Å²) >= 11 is 1.32. The number of thiazole rings is 1. The van der Waals surface area contributed by atoms with Gasteiger partial charge in [0.05, 0.1) is 31.4 Å². The second-order valence-corrected chi connectivity index (χ2v) is 9.84. The average Bonchev–Trinajstić information content (AvgIpc) is 3.38. The lowest BCUT2D eigenvalue weighted by Gasteiger charge is -2.32. The molecule has 1 aliphatic heterocycles. The van der Waals surface area contributed by atoms with Gasteiger partial charge in [-0.05, 0) is 24.1 Å². The number of Topliss-reactive ketones (excluding diaryl/α,β-unsaturated/α-hetero) is 1. The zero-order valence-electron chi connectivity index (χ0n) is 21.5. The highest BCUT2D eigenvalue weighted by Gasteiger charge is 2.42. The Balaban J connectivity index is 1.46. The Labute approximate surface area is 225 Å². The number of methoxy groups -OCH3 is 2. The minimum absolute atomic E-state index is 0.191.